The molecule has 0 aliphatic carbocycles. The second-order valence-electron chi connectivity index (χ2n) is 9.21. The van der Waals surface area contributed by atoms with Gasteiger partial charge in [0.05, 0.1) is 23.4 Å². The van der Waals surface area contributed by atoms with Crippen LogP contribution in [0.15, 0.2) is 45.5 Å². The summed E-state index contributed by atoms with van der Waals surface area (Å²) in [5.74, 6) is 0.685. The number of carbonyl (C=O) groups excluding carboxylic acids is 1. The quantitative estimate of drug-likeness (QED) is 0.283. The molecule has 3 aromatic rings. The van der Waals surface area contributed by atoms with E-state index in [1.807, 2.05) is 5.38 Å². The summed E-state index contributed by atoms with van der Waals surface area (Å²) < 4.78 is 52.2. The Balaban J connectivity index is 1.16. The van der Waals surface area contributed by atoms with Crippen molar-refractivity contribution in [3.63, 3.8) is 0 Å². The molecule has 8 nitrogen and oxygen atoms in total. The van der Waals surface area contributed by atoms with Gasteiger partial charge in [-0.3, -0.25) is 4.79 Å². The van der Waals surface area contributed by atoms with Crippen molar-refractivity contribution in [2.45, 2.75) is 37.5 Å². The van der Waals surface area contributed by atoms with Gasteiger partial charge in [-0.2, -0.15) is 13.2 Å². The number of benzene rings is 1. The molecule has 0 saturated carbocycles. The number of aromatic nitrogens is 2. The molecule has 4 heterocycles. The molecule has 0 radical (unpaired) electrons. The fourth-order valence-electron chi connectivity index (χ4n) is 4.67. The fourth-order valence-corrected chi connectivity index (χ4v) is 6.28. The van der Waals surface area contributed by atoms with Gasteiger partial charge in [0.2, 0.25) is 0 Å². The average molecular weight is 660 g/mol. The number of rotatable bonds is 7. The number of nitrogens with zero attached hydrogens (tertiary/aromatic N) is 4. The lowest BCUT2D eigenvalue weighted by atomic mass is 9.97. The molecule has 14 heteroatoms. The van der Waals surface area contributed by atoms with Crippen molar-refractivity contribution in [1.29, 1.82) is 0 Å². The van der Waals surface area contributed by atoms with Crippen molar-refractivity contribution in [2.24, 2.45) is 5.16 Å². The van der Waals surface area contributed by atoms with Crippen LogP contribution in [0.25, 0.3) is 0 Å². The summed E-state index contributed by atoms with van der Waals surface area (Å²) in [6.45, 7) is 0.964. The van der Waals surface area contributed by atoms with Gasteiger partial charge in [0.15, 0.2) is 18.5 Å². The largest absolute Gasteiger partial charge is 0.478 e. The summed E-state index contributed by atoms with van der Waals surface area (Å²) in [7, 11) is 1.48. The van der Waals surface area contributed by atoms with Crippen molar-refractivity contribution in [2.75, 3.05) is 26.8 Å². The number of piperidine rings is 1. The number of oxime groups is 1. The molecule has 1 aromatic carbocycles. The number of ether oxygens (including phenoxy) is 2. The van der Waals surface area contributed by atoms with Crippen LogP contribution in [-0.2, 0) is 15.8 Å². The predicted octanol–water partition coefficient (Wildman–Crippen LogP) is 6.63. The van der Waals surface area contributed by atoms with E-state index in [2.05, 4.69) is 26.1 Å². The Bertz CT molecular complexity index is 1430. The highest BCUT2D eigenvalue weighted by molar-refractivity contribution is 9.10. The molecule has 1 amide bonds. The molecule has 0 N–H and O–H groups in total. The Morgan fingerprint density at radius 1 is 1.30 bits per heavy atom. The number of methoxy groups -OCH3 is 1. The molecule has 0 spiro atoms. The lowest BCUT2D eigenvalue weighted by Gasteiger charge is -2.31. The highest BCUT2D eigenvalue weighted by Gasteiger charge is 2.39. The van der Waals surface area contributed by atoms with Crippen LogP contribution in [0.1, 0.15) is 53.1 Å². The zero-order chi connectivity index (χ0) is 28.4. The Hall–Kier alpha value is -2.90. The van der Waals surface area contributed by atoms with Gasteiger partial charge in [-0.15, -0.1) is 11.3 Å². The Morgan fingerprint density at radius 3 is 2.80 bits per heavy atom. The lowest BCUT2D eigenvalue weighted by molar-refractivity contribution is -0.139. The van der Waals surface area contributed by atoms with Gasteiger partial charge >= 0.3 is 6.18 Å². The Kier molecular flexibility index (Phi) is 8.52. The van der Waals surface area contributed by atoms with Gasteiger partial charge < -0.3 is 19.2 Å². The van der Waals surface area contributed by atoms with Crippen molar-refractivity contribution < 1.29 is 32.3 Å². The molecule has 2 aliphatic rings. The van der Waals surface area contributed by atoms with Gasteiger partial charge in [-0.1, -0.05) is 22.8 Å². The standard InChI is InChI=1S/C26H23BrClF3N4O4S/c1-37-24-21(9-15(27)11-32-24)38-12-22(36)35-7-5-14(6-8-35)25-33-19(13-40-25)18-10-20(39-34-18)23-16(26(29,30)31)3-2-4-17(23)28/h2-4,9,11,13-14,20H,5-8,10,12H2,1H3. The molecule has 2 aromatic heterocycles. The van der Waals surface area contributed by atoms with Crippen LogP contribution < -0.4 is 9.47 Å². The zero-order valence-corrected chi connectivity index (χ0v) is 24.2. The number of amides is 1. The van der Waals surface area contributed by atoms with Crippen LogP contribution in [0.3, 0.4) is 0 Å². The normalized spacial score (nSPS) is 17.9. The third kappa shape index (κ3) is 6.21. The summed E-state index contributed by atoms with van der Waals surface area (Å²) in [4.78, 5) is 28.7. The number of hydrogen-bond donors (Lipinski definition) is 0. The molecule has 40 heavy (non-hydrogen) atoms. The third-order valence-corrected chi connectivity index (χ3v) is 8.46. The number of halogens is 5. The smallest absolute Gasteiger partial charge is 0.416 e. The second-order valence-corrected chi connectivity index (χ2v) is 11.4. The van der Waals surface area contributed by atoms with E-state index in [1.165, 1.54) is 30.6 Å². The zero-order valence-electron chi connectivity index (χ0n) is 21.1. The third-order valence-electron chi connectivity index (χ3n) is 6.69. The maximum Gasteiger partial charge on any atom is 0.416 e. The van der Waals surface area contributed by atoms with Gasteiger partial charge in [0, 0.05) is 58.1 Å². The summed E-state index contributed by atoms with van der Waals surface area (Å²) in [6, 6.07) is 5.35. The molecule has 5 rings (SSSR count). The molecule has 1 atom stereocenters. The van der Waals surface area contributed by atoms with Gasteiger partial charge in [0.1, 0.15) is 5.71 Å². The molecule has 1 unspecified atom stereocenters. The first kappa shape index (κ1) is 28.6. The van der Waals surface area contributed by atoms with Gasteiger partial charge in [0.25, 0.3) is 11.8 Å². The van der Waals surface area contributed by atoms with E-state index >= 15 is 0 Å². The van der Waals surface area contributed by atoms with Crippen molar-refractivity contribution in [3.8, 4) is 11.6 Å². The van der Waals surface area contributed by atoms with Gasteiger partial charge in [-0.05, 0) is 40.9 Å². The molecule has 1 saturated heterocycles. The van der Waals surface area contributed by atoms with E-state index in [0.29, 0.717) is 40.6 Å². The summed E-state index contributed by atoms with van der Waals surface area (Å²) in [6.07, 6.45) is -2.36. The van der Waals surface area contributed by atoms with Crippen LogP contribution in [0.5, 0.6) is 11.6 Å². The van der Waals surface area contributed by atoms with E-state index in [9.17, 15) is 18.0 Å². The lowest BCUT2D eigenvalue weighted by Crippen LogP contribution is -2.40. The van der Waals surface area contributed by atoms with E-state index in [-0.39, 0.29) is 35.4 Å². The molecule has 1 fully saturated rings. The summed E-state index contributed by atoms with van der Waals surface area (Å²) in [5, 5.41) is 6.74. The number of thiazole rings is 1. The molecule has 2 aliphatic heterocycles. The summed E-state index contributed by atoms with van der Waals surface area (Å²) >= 11 is 10.9. The SMILES string of the molecule is COc1ncc(Br)cc1OCC(=O)N1CCC(c2nc(C3=NOC(c4c(Cl)cccc4C(F)(F)F)C3)cs2)CC1. The van der Waals surface area contributed by atoms with Crippen molar-refractivity contribution in [1.82, 2.24) is 14.9 Å². The predicted molar refractivity (Wildman–Crippen MR) is 146 cm³/mol. The van der Waals surface area contributed by atoms with Gasteiger partial charge in [-0.25, -0.2) is 9.97 Å². The van der Waals surface area contributed by atoms with Crippen molar-refractivity contribution in [3.05, 3.63) is 67.2 Å². The molecular formula is C26H23BrClF3N4O4S. The maximum atomic E-state index is 13.6. The average Bonchev–Trinajstić information content (AvgIpc) is 3.62. The second kappa shape index (κ2) is 11.9. The van der Waals surface area contributed by atoms with Crippen LogP contribution in [-0.4, -0.2) is 53.3 Å². The first-order valence-corrected chi connectivity index (χ1v) is 14.3. The summed E-state index contributed by atoms with van der Waals surface area (Å²) in [5.41, 5.74) is 0.0930. The highest BCUT2D eigenvalue weighted by Crippen LogP contribution is 2.42. The highest BCUT2D eigenvalue weighted by atomic mass is 79.9. The first-order valence-electron chi connectivity index (χ1n) is 12.3. The first-order chi connectivity index (χ1) is 19.1. The topological polar surface area (TPSA) is 86.1 Å². The fraction of sp³-hybridized carbons (Fsp3) is 0.385. The van der Waals surface area contributed by atoms with E-state index < -0.39 is 17.8 Å². The Labute approximate surface area is 245 Å². The number of carbonyl (C=O) groups is 1. The number of alkyl halides is 3. The molecule has 0 bridgehead atoms. The van der Waals surface area contributed by atoms with Crippen LogP contribution in [0.2, 0.25) is 5.02 Å². The van der Waals surface area contributed by atoms with Crippen LogP contribution >= 0.6 is 38.9 Å². The van der Waals surface area contributed by atoms with E-state index in [4.69, 9.17) is 30.9 Å². The minimum atomic E-state index is -4.56. The van der Waals surface area contributed by atoms with E-state index in [0.717, 1.165) is 23.9 Å². The van der Waals surface area contributed by atoms with Crippen LogP contribution in [0, 0.1) is 0 Å². The van der Waals surface area contributed by atoms with Crippen LogP contribution in [0.4, 0.5) is 13.2 Å². The molecular weight excluding hydrogens is 637 g/mol. The minimum absolute atomic E-state index is 0.0191. The number of pyridine rings is 1. The minimum Gasteiger partial charge on any atom is -0.478 e. The maximum absolute atomic E-state index is 13.6. The number of likely N-dealkylation sites (tertiary alicyclic amines) is 1. The monoisotopic (exact) mass is 658 g/mol. The van der Waals surface area contributed by atoms with Crippen molar-refractivity contribution >= 4 is 50.5 Å². The Morgan fingerprint density at radius 2 is 2.08 bits per heavy atom. The van der Waals surface area contributed by atoms with E-state index in [1.54, 1.807) is 17.2 Å². The number of hydrogen-bond acceptors (Lipinski definition) is 8. The molecule has 212 valence electrons.